The van der Waals surface area contributed by atoms with E-state index < -0.39 is 0 Å². The van der Waals surface area contributed by atoms with Crippen molar-refractivity contribution in [3.63, 3.8) is 0 Å². The second-order valence-corrected chi connectivity index (χ2v) is 6.47. The number of hydrogen-bond acceptors (Lipinski definition) is 4. The topological polar surface area (TPSA) is 47.6 Å². The Labute approximate surface area is 123 Å². The van der Waals surface area contributed by atoms with Crippen LogP contribution in [0.4, 0.5) is 0 Å². The summed E-state index contributed by atoms with van der Waals surface area (Å²) >= 11 is 0. The van der Waals surface area contributed by atoms with E-state index in [9.17, 15) is 4.79 Å². The van der Waals surface area contributed by atoms with E-state index in [0.29, 0.717) is 12.3 Å². The van der Waals surface area contributed by atoms with Crippen molar-refractivity contribution in [2.75, 3.05) is 52.9 Å². The molecule has 0 aromatic heterocycles. The molecule has 1 amide bonds. The third kappa shape index (κ3) is 5.38. The lowest BCUT2D eigenvalue weighted by atomic mass is 10.0. The predicted octanol–water partition coefficient (Wildman–Crippen LogP) is 0.128. The SMILES string of the molecule is CC(CN1CCN(C)CC1)NC(=O)CCC1CCNC1. The van der Waals surface area contributed by atoms with Crippen LogP contribution in [0.25, 0.3) is 0 Å². The lowest BCUT2D eigenvalue weighted by Crippen LogP contribution is -2.49. The highest BCUT2D eigenvalue weighted by Gasteiger charge is 2.18. The Balaban J connectivity index is 1.58. The monoisotopic (exact) mass is 282 g/mol. The first-order valence-corrected chi connectivity index (χ1v) is 8.04. The fraction of sp³-hybridized carbons (Fsp3) is 0.933. The van der Waals surface area contributed by atoms with Crippen molar-refractivity contribution in [1.82, 2.24) is 20.4 Å². The quantitative estimate of drug-likeness (QED) is 0.727. The van der Waals surface area contributed by atoms with Gasteiger partial charge in [-0.05, 0) is 45.8 Å². The number of nitrogens with zero attached hydrogens (tertiary/aromatic N) is 2. The summed E-state index contributed by atoms with van der Waals surface area (Å²) in [5, 5.41) is 6.50. The molecule has 0 radical (unpaired) electrons. The number of nitrogens with one attached hydrogen (secondary N) is 2. The highest BCUT2D eigenvalue weighted by molar-refractivity contribution is 5.76. The minimum atomic E-state index is 0.221. The summed E-state index contributed by atoms with van der Waals surface area (Å²) in [5.74, 6) is 0.923. The fourth-order valence-electron chi connectivity index (χ4n) is 3.11. The maximum Gasteiger partial charge on any atom is 0.220 e. The second-order valence-electron chi connectivity index (χ2n) is 6.47. The molecule has 5 heteroatoms. The summed E-state index contributed by atoms with van der Waals surface area (Å²) in [6.45, 7) is 9.80. The van der Waals surface area contributed by atoms with Gasteiger partial charge < -0.3 is 15.5 Å². The van der Waals surface area contributed by atoms with Crippen LogP contribution in [0.2, 0.25) is 0 Å². The van der Waals surface area contributed by atoms with E-state index in [1.807, 2.05) is 0 Å². The Bertz CT molecular complexity index is 296. The van der Waals surface area contributed by atoms with Crippen LogP contribution in [0.1, 0.15) is 26.2 Å². The van der Waals surface area contributed by atoms with Crippen LogP contribution in [0.5, 0.6) is 0 Å². The normalized spacial score (nSPS) is 26.6. The highest BCUT2D eigenvalue weighted by Crippen LogP contribution is 2.14. The number of hydrogen-bond donors (Lipinski definition) is 2. The van der Waals surface area contributed by atoms with Crippen molar-refractivity contribution in [3.8, 4) is 0 Å². The fourth-order valence-corrected chi connectivity index (χ4v) is 3.11. The van der Waals surface area contributed by atoms with E-state index in [1.165, 1.54) is 6.42 Å². The molecule has 2 unspecified atom stereocenters. The van der Waals surface area contributed by atoms with Gasteiger partial charge in [-0.1, -0.05) is 0 Å². The van der Waals surface area contributed by atoms with E-state index in [4.69, 9.17) is 0 Å². The van der Waals surface area contributed by atoms with Gasteiger partial charge in [0.25, 0.3) is 0 Å². The molecule has 2 fully saturated rings. The van der Waals surface area contributed by atoms with Gasteiger partial charge in [-0.15, -0.1) is 0 Å². The molecule has 2 N–H and O–H groups in total. The first-order valence-electron chi connectivity index (χ1n) is 8.04. The van der Waals surface area contributed by atoms with E-state index in [0.717, 1.165) is 52.2 Å². The molecular weight excluding hydrogens is 252 g/mol. The summed E-state index contributed by atoms with van der Waals surface area (Å²) in [7, 11) is 2.17. The smallest absolute Gasteiger partial charge is 0.220 e. The van der Waals surface area contributed by atoms with E-state index in [-0.39, 0.29) is 11.9 Å². The minimum Gasteiger partial charge on any atom is -0.352 e. The molecule has 2 aliphatic heterocycles. The highest BCUT2D eigenvalue weighted by atomic mass is 16.1. The van der Waals surface area contributed by atoms with Crippen LogP contribution in [0.3, 0.4) is 0 Å². The third-order valence-electron chi connectivity index (χ3n) is 4.48. The number of carbonyl (C=O) groups is 1. The number of amides is 1. The Morgan fingerprint density at radius 3 is 2.75 bits per heavy atom. The molecule has 0 aromatic rings. The molecule has 2 aliphatic rings. The zero-order chi connectivity index (χ0) is 14.4. The molecule has 2 heterocycles. The zero-order valence-electron chi connectivity index (χ0n) is 13.0. The van der Waals surface area contributed by atoms with Crippen LogP contribution in [0.15, 0.2) is 0 Å². The molecule has 2 rings (SSSR count). The molecule has 0 spiro atoms. The Kier molecular flexibility index (Phi) is 6.26. The van der Waals surface area contributed by atoms with Gasteiger partial charge in [-0.3, -0.25) is 9.69 Å². The minimum absolute atomic E-state index is 0.221. The molecule has 2 atom stereocenters. The Morgan fingerprint density at radius 1 is 1.35 bits per heavy atom. The zero-order valence-corrected chi connectivity index (χ0v) is 13.0. The molecule has 20 heavy (non-hydrogen) atoms. The van der Waals surface area contributed by atoms with E-state index >= 15 is 0 Å². The second kappa shape index (κ2) is 7.96. The number of likely N-dealkylation sites (N-methyl/N-ethyl adjacent to an activating group) is 1. The van der Waals surface area contributed by atoms with Crippen molar-refractivity contribution in [2.45, 2.75) is 32.2 Å². The lowest BCUT2D eigenvalue weighted by molar-refractivity contribution is -0.122. The maximum absolute atomic E-state index is 11.9. The van der Waals surface area contributed by atoms with Crippen molar-refractivity contribution in [2.24, 2.45) is 5.92 Å². The molecule has 0 aliphatic carbocycles. The molecule has 0 bridgehead atoms. The first-order chi connectivity index (χ1) is 9.63. The molecule has 5 nitrogen and oxygen atoms in total. The maximum atomic E-state index is 11.9. The third-order valence-corrected chi connectivity index (χ3v) is 4.48. The summed E-state index contributed by atoms with van der Waals surface area (Å²) in [6, 6.07) is 0.257. The van der Waals surface area contributed by atoms with Gasteiger partial charge >= 0.3 is 0 Å². The van der Waals surface area contributed by atoms with Crippen LogP contribution in [0, 0.1) is 5.92 Å². The Morgan fingerprint density at radius 2 is 2.10 bits per heavy atom. The van der Waals surface area contributed by atoms with Crippen molar-refractivity contribution >= 4 is 5.91 Å². The van der Waals surface area contributed by atoms with Crippen LogP contribution < -0.4 is 10.6 Å². The van der Waals surface area contributed by atoms with Crippen molar-refractivity contribution in [1.29, 1.82) is 0 Å². The molecule has 0 aromatic carbocycles. The Hall–Kier alpha value is -0.650. The van der Waals surface area contributed by atoms with Gasteiger partial charge in [0.1, 0.15) is 0 Å². The van der Waals surface area contributed by atoms with Crippen molar-refractivity contribution in [3.05, 3.63) is 0 Å². The van der Waals surface area contributed by atoms with Crippen LogP contribution >= 0.6 is 0 Å². The average Bonchev–Trinajstić information content (AvgIpc) is 2.92. The molecule has 116 valence electrons. The number of carbonyl (C=O) groups excluding carboxylic acids is 1. The summed E-state index contributed by atoms with van der Waals surface area (Å²) < 4.78 is 0. The molecule has 2 saturated heterocycles. The van der Waals surface area contributed by atoms with E-state index in [1.54, 1.807) is 0 Å². The van der Waals surface area contributed by atoms with Gasteiger partial charge in [-0.2, -0.15) is 0 Å². The van der Waals surface area contributed by atoms with Crippen molar-refractivity contribution < 1.29 is 4.79 Å². The summed E-state index contributed by atoms with van der Waals surface area (Å²) in [6.07, 6.45) is 2.93. The average molecular weight is 282 g/mol. The number of rotatable bonds is 6. The molecule has 0 saturated carbocycles. The van der Waals surface area contributed by atoms with Gasteiger partial charge in [-0.25, -0.2) is 0 Å². The van der Waals surface area contributed by atoms with Gasteiger partial charge in [0.2, 0.25) is 5.91 Å². The largest absolute Gasteiger partial charge is 0.352 e. The van der Waals surface area contributed by atoms with Gasteiger partial charge in [0, 0.05) is 45.2 Å². The predicted molar refractivity (Wildman–Crippen MR) is 81.8 cm³/mol. The lowest BCUT2D eigenvalue weighted by Gasteiger charge is -2.34. The van der Waals surface area contributed by atoms with Crippen LogP contribution in [-0.4, -0.2) is 74.6 Å². The summed E-state index contributed by atoms with van der Waals surface area (Å²) in [5.41, 5.74) is 0. The standard InChI is InChI=1S/C15H30N4O/c1-13(12-19-9-7-18(2)8-10-19)17-15(20)4-3-14-5-6-16-11-14/h13-14,16H,3-12H2,1-2H3,(H,17,20). The molecular formula is C15H30N4O. The summed E-state index contributed by atoms with van der Waals surface area (Å²) in [4.78, 5) is 16.8. The van der Waals surface area contributed by atoms with Gasteiger partial charge in [0.05, 0.1) is 0 Å². The first kappa shape index (κ1) is 15.7. The van der Waals surface area contributed by atoms with Crippen LogP contribution in [-0.2, 0) is 4.79 Å². The van der Waals surface area contributed by atoms with Gasteiger partial charge in [0.15, 0.2) is 0 Å². The number of piperazine rings is 1. The van der Waals surface area contributed by atoms with E-state index in [2.05, 4.69) is 34.4 Å².